The number of ether oxygens (including phenoxy) is 1. The number of halogens is 1. The molecule has 0 saturated carbocycles. The Bertz CT molecular complexity index is 441. The predicted octanol–water partition coefficient (Wildman–Crippen LogP) is 2.73. The Morgan fingerprint density at radius 2 is 1.95 bits per heavy atom. The Morgan fingerprint density at radius 1 is 1.29 bits per heavy atom. The molecular formula is C16H22ClNO3. The highest BCUT2D eigenvalue weighted by Crippen LogP contribution is 2.18. The molecular weight excluding hydrogens is 290 g/mol. The zero-order chi connectivity index (χ0) is 15.1. The fourth-order valence-corrected chi connectivity index (χ4v) is 2.59. The van der Waals surface area contributed by atoms with Gasteiger partial charge in [-0.3, -0.25) is 4.79 Å². The van der Waals surface area contributed by atoms with Crippen LogP contribution in [0.15, 0.2) is 24.3 Å². The highest BCUT2D eigenvalue weighted by molar-refractivity contribution is 6.30. The SMILES string of the molecule is O=C(CCCOc1ccc(Cl)cc1)N1CCC(CO)CC1. The summed E-state index contributed by atoms with van der Waals surface area (Å²) in [4.78, 5) is 13.9. The number of carbonyl (C=O) groups is 1. The zero-order valence-electron chi connectivity index (χ0n) is 12.1. The van der Waals surface area contributed by atoms with Crippen molar-refractivity contribution in [3.8, 4) is 5.75 Å². The summed E-state index contributed by atoms with van der Waals surface area (Å²) >= 11 is 5.80. The van der Waals surface area contributed by atoms with Gasteiger partial charge in [0.1, 0.15) is 5.75 Å². The number of rotatable bonds is 6. The first-order chi connectivity index (χ1) is 10.2. The van der Waals surface area contributed by atoms with Crippen molar-refractivity contribution >= 4 is 17.5 Å². The van der Waals surface area contributed by atoms with E-state index in [4.69, 9.17) is 21.4 Å². The van der Waals surface area contributed by atoms with E-state index in [-0.39, 0.29) is 12.5 Å². The molecule has 1 fully saturated rings. The Labute approximate surface area is 130 Å². The third-order valence-electron chi connectivity index (χ3n) is 3.84. The van der Waals surface area contributed by atoms with Crippen LogP contribution in [0.3, 0.4) is 0 Å². The van der Waals surface area contributed by atoms with Crippen LogP contribution in [0.25, 0.3) is 0 Å². The van der Waals surface area contributed by atoms with Gasteiger partial charge in [0.15, 0.2) is 0 Å². The molecule has 0 bridgehead atoms. The van der Waals surface area contributed by atoms with Crippen LogP contribution >= 0.6 is 11.6 Å². The second kappa shape index (κ2) is 8.25. The van der Waals surface area contributed by atoms with Crippen LogP contribution < -0.4 is 4.74 Å². The molecule has 0 radical (unpaired) electrons. The average molecular weight is 312 g/mol. The summed E-state index contributed by atoms with van der Waals surface area (Å²) < 4.78 is 5.57. The van der Waals surface area contributed by atoms with Gasteiger partial charge in [0, 0.05) is 31.1 Å². The van der Waals surface area contributed by atoms with Crippen molar-refractivity contribution < 1.29 is 14.6 Å². The van der Waals surface area contributed by atoms with Crippen molar-refractivity contribution in [2.45, 2.75) is 25.7 Å². The molecule has 1 aliphatic rings. The smallest absolute Gasteiger partial charge is 0.222 e. The van der Waals surface area contributed by atoms with Gasteiger partial charge in [-0.25, -0.2) is 0 Å². The van der Waals surface area contributed by atoms with Gasteiger partial charge in [0.2, 0.25) is 5.91 Å². The summed E-state index contributed by atoms with van der Waals surface area (Å²) in [6, 6.07) is 7.22. The van der Waals surface area contributed by atoms with Gasteiger partial charge in [0.05, 0.1) is 6.61 Å². The van der Waals surface area contributed by atoms with E-state index in [9.17, 15) is 4.79 Å². The standard InChI is InChI=1S/C16H22ClNO3/c17-14-3-5-15(6-4-14)21-11-1-2-16(20)18-9-7-13(12-19)8-10-18/h3-6,13,19H,1-2,7-12H2. The van der Waals surface area contributed by atoms with E-state index >= 15 is 0 Å². The second-order valence-electron chi connectivity index (χ2n) is 5.41. The fourth-order valence-electron chi connectivity index (χ4n) is 2.47. The zero-order valence-corrected chi connectivity index (χ0v) is 12.9. The minimum atomic E-state index is 0.186. The normalized spacial score (nSPS) is 16.0. The van der Waals surface area contributed by atoms with Crippen molar-refractivity contribution in [1.82, 2.24) is 4.90 Å². The molecule has 0 unspecified atom stereocenters. The lowest BCUT2D eigenvalue weighted by atomic mass is 9.97. The highest BCUT2D eigenvalue weighted by atomic mass is 35.5. The van der Waals surface area contributed by atoms with Crippen LogP contribution in [-0.4, -0.2) is 42.2 Å². The van der Waals surface area contributed by atoms with E-state index in [0.717, 1.165) is 31.7 Å². The number of nitrogens with zero attached hydrogens (tertiary/aromatic N) is 1. The Hall–Kier alpha value is -1.26. The number of carbonyl (C=O) groups excluding carboxylic acids is 1. The lowest BCUT2D eigenvalue weighted by Crippen LogP contribution is -2.39. The first-order valence-electron chi connectivity index (χ1n) is 7.46. The van der Waals surface area contributed by atoms with Gasteiger partial charge in [-0.1, -0.05) is 11.6 Å². The van der Waals surface area contributed by atoms with Gasteiger partial charge < -0.3 is 14.7 Å². The summed E-state index contributed by atoms with van der Waals surface area (Å²) in [5, 5.41) is 9.77. The summed E-state index contributed by atoms with van der Waals surface area (Å²) in [7, 11) is 0. The topological polar surface area (TPSA) is 49.8 Å². The summed E-state index contributed by atoms with van der Waals surface area (Å²) in [5.74, 6) is 1.32. The van der Waals surface area contributed by atoms with Crippen molar-refractivity contribution in [2.24, 2.45) is 5.92 Å². The van der Waals surface area contributed by atoms with Crippen LogP contribution in [0.1, 0.15) is 25.7 Å². The van der Waals surface area contributed by atoms with Gasteiger partial charge in [0.25, 0.3) is 0 Å². The van der Waals surface area contributed by atoms with Gasteiger partial charge in [-0.15, -0.1) is 0 Å². The van der Waals surface area contributed by atoms with E-state index in [2.05, 4.69) is 0 Å². The van der Waals surface area contributed by atoms with E-state index in [0.29, 0.717) is 30.4 Å². The van der Waals surface area contributed by atoms with Gasteiger partial charge >= 0.3 is 0 Å². The molecule has 5 heteroatoms. The van der Waals surface area contributed by atoms with Gasteiger partial charge in [-0.2, -0.15) is 0 Å². The van der Waals surface area contributed by atoms with E-state index in [1.807, 2.05) is 17.0 Å². The van der Waals surface area contributed by atoms with Crippen LogP contribution in [0.4, 0.5) is 0 Å². The van der Waals surface area contributed by atoms with E-state index in [1.54, 1.807) is 12.1 Å². The maximum Gasteiger partial charge on any atom is 0.222 e. The van der Waals surface area contributed by atoms with E-state index < -0.39 is 0 Å². The van der Waals surface area contributed by atoms with Crippen molar-refractivity contribution in [2.75, 3.05) is 26.3 Å². The molecule has 1 aromatic rings. The molecule has 1 saturated heterocycles. The summed E-state index contributed by atoms with van der Waals surface area (Å²) in [6.45, 7) is 2.29. The maximum atomic E-state index is 12.0. The largest absolute Gasteiger partial charge is 0.494 e. The predicted molar refractivity (Wildman–Crippen MR) is 82.6 cm³/mol. The number of likely N-dealkylation sites (tertiary alicyclic amines) is 1. The number of amides is 1. The fraction of sp³-hybridized carbons (Fsp3) is 0.562. The van der Waals surface area contributed by atoms with Crippen molar-refractivity contribution in [3.63, 3.8) is 0 Å². The summed E-state index contributed by atoms with van der Waals surface area (Å²) in [6.07, 6.45) is 3.03. The quantitative estimate of drug-likeness (QED) is 0.822. The number of hydrogen-bond donors (Lipinski definition) is 1. The molecule has 1 amide bonds. The third kappa shape index (κ3) is 5.21. The Balaban J connectivity index is 1.62. The lowest BCUT2D eigenvalue weighted by Gasteiger charge is -2.31. The molecule has 2 rings (SSSR count). The van der Waals surface area contributed by atoms with Crippen molar-refractivity contribution in [3.05, 3.63) is 29.3 Å². The average Bonchev–Trinajstić information content (AvgIpc) is 2.53. The molecule has 0 atom stereocenters. The molecule has 0 aromatic heterocycles. The second-order valence-corrected chi connectivity index (χ2v) is 5.85. The van der Waals surface area contributed by atoms with Crippen LogP contribution in [-0.2, 0) is 4.79 Å². The Morgan fingerprint density at radius 3 is 2.57 bits per heavy atom. The molecule has 116 valence electrons. The van der Waals surface area contributed by atoms with Gasteiger partial charge in [-0.05, 0) is 49.4 Å². The molecule has 1 N–H and O–H groups in total. The molecule has 21 heavy (non-hydrogen) atoms. The first kappa shape index (κ1) is 16.1. The molecule has 1 heterocycles. The summed E-state index contributed by atoms with van der Waals surface area (Å²) in [5.41, 5.74) is 0. The lowest BCUT2D eigenvalue weighted by molar-refractivity contribution is -0.133. The third-order valence-corrected chi connectivity index (χ3v) is 4.09. The number of aliphatic hydroxyl groups is 1. The number of benzene rings is 1. The molecule has 4 nitrogen and oxygen atoms in total. The van der Waals surface area contributed by atoms with E-state index in [1.165, 1.54) is 0 Å². The highest BCUT2D eigenvalue weighted by Gasteiger charge is 2.21. The number of aliphatic hydroxyl groups excluding tert-OH is 1. The first-order valence-corrected chi connectivity index (χ1v) is 7.84. The maximum absolute atomic E-state index is 12.0. The molecule has 1 aliphatic heterocycles. The van der Waals surface area contributed by atoms with Crippen LogP contribution in [0, 0.1) is 5.92 Å². The van der Waals surface area contributed by atoms with Crippen LogP contribution in [0.5, 0.6) is 5.75 Å². The van der Waals surface area contributed by atoms with Crippen molar-refractivity contribution in [1.29, 1.82) is 0 Å². The molecule has 0 spiro atoms. The molecule has 0 aliphatic carbocycles. The minimum absolute atomic E-state index is 0.186. The number of hydrogen-bond acceptors (Lipinski definition) is 3. The minimum Gasteiger partial charge on any atom is -0.494 e. The number of piperidine rings is 1. The van der Waals surface area contributed by atoms with Crippen LogP contribution in [0.2, 0.25) is 5.02 Å². The molecule has 1 aromatic carbocycles. The monoisotopic (exact) mass is 311 g/mol. The Kier molecular flexibility index (Phi) is 6.33.